The number of fused-ring (bicyclic) bond motifs is 5. The predicted molar refractivity (Wildman–Crippen MR) is 83.7 cm³/mol. The van der Waals surface area contributed by atoms with E-state index in [1.807, 2.05) is 6.92 Å². The molecule has 2 heteroatoms. The Morgan fingerprint density at radius 1 is 0.952 bits per heavy atom. The van der Waals surface area contributed by atoms with Gasteiger partial charge in [-0.2, -0.15) is 0 Å². The molecule has 4 saturated carbocycles. The highest BCUT2D eigenvalue weighted by Crippen LogP contribution is 2.66. The van der Waals surface area contributed by atoms with Gasteiger partial charge in [0.15, 0.2) is 0 Å². The van der Waals surface area contributed by atoms with E-state index in [9.17, 15) is 10.2 Å². The van der Waals surface area contributed by atoms with Gasteiger partial charge in [-0.3, -0.25) is 0 Å². The van der Waals surface area contributed by atoms with Gasteiger partial charge in [0.2, 0.25) is 0 Å². The minimum Gasteiger partial charge on any atom is -0.393 e. The van der Waals surface area contributed by atoms with Crippen LogP contribution in [0.25, 0.3) is 0 Å². The van der Waals surface area contributed by atoms with Gasteiger partial charge >= 0.3 is 0 Å². The van der Waals surface area contributed by atoms with Crippen molar-refractivity contribution in [3.8, 4) is 0 Å². The van der Waals surface area contributed by atoms with Gasteiger partial charge in [0.25, 0.3) is 0 Å². The maximum absolute atomic E-state index is 10.5. The second-order valence-corrected chi connectivity index (χ2v) is 8.50. The Morgan fingerprint density at radius 2 is 1.71 bits per heavy atom. The van der Waals surface area contributed by atoms with Crippen molar-refractivity contribution < 1.29 is 17.1 Å². The molecule has 0 aromatic heterocycles. The number of hydrogen-bond acceptors (Lipinski definition) is 2. The Bertz CT molecular complexity index is 609. The molecule has 4 fully saturated rings. The number of aliphatic hydroxyl groups excluding tert-OH is 1. The normalized spacial score (nSPS) is 71.8. The predicted octanol–water partition coefficient (Wildman–Crippen LogP) is 3.75. The summed E-state index contributed by atoms with van der Waals surface area (Å²) >= 11 is 0. The number of hydrogen-bond donors (Lipinski definition) is 2. The molecule has 4 aliphatic rings. The van der Waals surface area contributed by atoms with Crippen molar-refractivity contribution in [1.29, 1.82) is 0 Å². The van der Waals surface area contributed by atoms with E-state index in [0.717, 1.165) is 32.1 Å². The van der Waals surface area contributed by atoms with Crippen molar-refractivity contribution in [1.82, 2.24) is 0 Å². The third kappa shape index (κ3) is 1.91. The van der Waals surface area contributed by atoms with Gasteiger partial charge in [-0.05, 0) is 92.2 Å². The minimum atomic E-state index is -2.72. The highest BCUT2D eigenvalue weighted by atomic mass is 16.3. The SMILES string of the molecule is [2H]C1([2H])C[C@]2(C)[C@H]3CC[C@]4(C)[C@@H](O)CC[C@H]4[C@@H]3CC[C@H]2C([2H])([2H])[C@]1([2H])O. The molecule has 4 aliphatic carbocycles. The van der Waals surface area contributed by atoms with E-state index in [1.54, 1.807) is 0 Å². The highest BCUT2D eigenvalue weighted by molar-refractivity contribution is 5.09. The van der Waals surface area contributed by atoms with Crippen LogP contribution >= 0.6 is 0 Å². The van der Waals surface area contributed by atoms with Crippen molar-refractivity contribution in [3.63, 3.8) is 0 Å². The standard InChI is InChI=1S/C19H32O2/c1-18-9-7-13(20)11-12(18)3-4-14-15-5-6-17(21)19(15,2)10-8-16(14)18/h12-17,20-21H,3-11H2,1-2H3/t12-,13+,14-,15-,16-,17-,18-,19-/m0/s1/i7D2,11D2,13D. The lowest BCUT2D eigenvalue weighted by Crippen LogP contribution is -2.54. The molecule has 2 N–H and O–H groups in total. The quantitative estimate of drug-likeness (QED) is 0.715. The summed E-state index contributed by atoms with van der Waals surface area (Å²) in [6, 6.07) is 0. The highest BCUT2D eigenvalue weighted by Gasteiger charge is 2.59. The largest absolute Gasteiger partial charge is 0.393 e. The molecule has 0 radical (unpaired) electrons. The zero-order chi connectivity index (χ0) is 19.3. The summed E-state index contributed by atoms with van der Waals surface area (Å²) in [6.07, 6.45) is -2.43. The molecular formula is C19H32O2. The first-order chi connectivity index (χ1) is 11.8. The Labute approximate surface area is 136 Å². The topological polar surface area (TPSA) is 40.5 Å². The first-order valence-corrected chi connectivity index (χ1v) is 8.69. The second kappa shape index (κ2) is 4.71. The molecule has 120 valence electrons. The smallest absolute Gasteiger partial charge is 0.0600 e. The average molecular weight is 297 g/mol. The van der Waals surface area contributed by atoms with E-state index < -0.39 is 30.2 Å². The van der Waals surface area contributed by atoms with E-state index in [4.69, 9.17) is 6.85 Å². The second-order valence-electron chi connectivity index (χ2n) is 8.50. The van der Waals surface area contributed by atoms with Crippen molar-refractivity contribution in [2.45, 2.75) is 83.7 Å². The maximum Gasteiger partial charge on any atom is 0.0600 e. The lowest BCUT2D eigenvalue weighted by Gasteiger charge is -2.60. The summed E-state index contributed by atoms with van der Waals surface area (Å²) in [4.78, 5) is 0. The first-order valence-electron chi connectivity index (χ1n) is 11.2. The Kier molecular flexibility index (Phi) is 2.22. The van der Waals surface area contributed by atoms with Gasteiger partial charge in [-0.15, -0.1) is 0 Å². The fraction of sp³-hybridized carbons (Fsp3) is 1.00. The number of rotatable bonds is 0. The molecule has 0 heterocycles. The van der Waals surface area contributed by atoms with Crippen LogP contribution in [-0.2, 0) is 0 Å². The van der Waals surface area contributed by atoms with Crippen molar-refractivity contribution in [3.05, 3.63) is 0 Å². The van der Waals surface area contributed by atoms with Crippen LogP contribution in [0.4, 0.5) is 0 Å². The fourth-order valence-electron chi connectivity index (χ4n) is 6.41. The summed E-state index contributed by atoms with van der Waals surface area (Å²) in [5, 5.41) is 21.0. The molecule has 0 spiro atoms. The average Bonchev–Trinajstić information content (AvgIpc) is 2.81. The number of aliphatic hydroxyl groups is 2. The molecule has 0 aliphatic heterocycles. The van der Waals surface area contributed by atoms with Crippen LogP contribution < -0.4 is 0 Å². The van der Waals surface area contributed by atoms with Crippen LogP contribution in [0.15, 0.2) is 0 Å². The fourth-order valence-corrected chi connectivity index (χ4v) is 6.41. The molecule has 0 amide bonds. The lowest BCUT2D eigenvalue weighted by atomic mass is 9.45. The van der Waals surface area contributed by atoms with Crippen LogP contribution in [0.2, 0.25) is 0 Å². The van der Waals surface area contributed by atoms with Gasteiger partial charge < -0.3 is 10.2 Å². The third-order valence-corrected chi connectivity index (χ3v) is 7.77. The van der Waals surface area contributed by atoms with E-state index in [0.29, 0.717) is 18.3 Å². The molecular weight excluding hydrogens is 260 g/mol. The molecule has 0 aromatic carbocycles. The van der Waals surface area contributed by atoms with Crippen LogP contribution in [0.3, 0.4) is 0 Å². The summed E-state index contributed by atoms with van der Waals surface area (Å²) < 4.78 is 41.7. The molecule has 4 rings (SSSR count). The third-order valence-electron chi connectivity index (χ3n) is 7.77. The first kappa shape index (κ1) is 9.93. The Morgan fingerprint density at radius 3 is 2.52 bits per heavy atom. The van der Waals surface area contributed by atoms with Gasteiger partial charge in [-0.25, -0.2) is 0 Å². The van der Waals surface area contributed by atoms with Crippen molar-refractivity contribution >= 4 is 0 Å². The van der Waals surface area contributed by atoms with Gasteiger partial charge in [0.1, 0.15) is 0 Å². The summed E-state index contributed by atoms with van der Waals surface area (Å²) in [6.45, 7) is 4.20. The summed E-state index contributed by atoms with van der Waals surface area (Å²) in [5.74, 6) is 0.502. The molecule has 0 bridgehead atoms. The summed E-state index contributed by atoms with van der Waals surface area (Å²) in [7, 11) is 0. The molecule has 21 heavy (non-hydrogen) atoms. The van der Waals surface area contributed by atoms with E-state index in [2.05, 4.69) is 6.92 Å². The van der Waals surface area contributed by atoms with Crippen LogP contribution in [0.5, 0.6) is 0 Å². The van der Waals surface area contributed by atoms with Gasteiger partial charge in [0, 0.05) is 5.48 Å². The lowest BCUT2D eigenvalue weighted by molar-refractivity contribution is -0.133. The van der Waals surface area contributed by atoms with E-state index >= 15 is 0 Å². The zero-order valence-electron chi connectivity index (χ0n) is 18.2. The Hall–Kier alpha value is -0.0800. The van der Waals surface area contributed by atoms with Crippen molar-refractivity contribution in [2.75, 3.05) is 0 Å². The zero-order valence-corrected chi connectivity index (χ0v) is 13.2. The summed E-state index contributed by atoms with van der Waals surface area (Å²) in [5.41, 5.74) is -0.620. The molecule has 0 saturated heterocycles. The Balaban J connectivity index is 1.74. The molecule has 0 unspecified atom stereocenters. The minimum absolute atomic E-state index is 0.0390. The molecule has 8 atom stereocenters. The van der Waals surface area contributed by atoms with Crippen molar-refractivity contribution in [2.24, 2.45) is 34.5 Å². The van der Waals surface area contributed by atoms with E-state index in [1.165, 1.54) is 0 Å². The monoisotopic (exact) mass is 297 g/mol. The molecule has 2 nitrogen and oxygen atoms in total. The van der Waals surface area contributed by atoms with Gasteiger partial charge in [0.05, 0.1) is 13.6 Å². The maximum atomic E-state index is 10.5. The van der Waals surface area contributed by atoms with E-state index in [-0.39, 0.29) is 23.9 Å². The van der Waals surface area contributed by atoms with Gasteiger partial charge in [-0.1, -0.05) is 13.8 Å². The molecule has 0 aromatic rings. The van der Waals surface area contributed by atoms with Crippen LogP contribution in [0, 0.1) is 34.5 Å². The van der Waals surface area contributed by atoms with Crippen LogP contribution in [-0.4, -0.2) is 22.4 Å². The van der Waals surface area contributed by atoms with Crippen LogP contribution in [0.1, 0.15) is 78.4 Å².